The van der Waals surface area contributed by atoms with Crippen molar-refractivity contribution < 1.29 is 0 Å². The molecule has 1 unspecified atom stereocenters. The summed E-state index contributed by atoms with van der Waals surface area (Å²) in [5.74, 6) is 0.802. The van der Waals surface area contributed by atoms with Crippen molar-refractivity contribution in [1.82, 2.24) is 10.3 Å². The van der Waals surface area contributed by atoms with Crippen molar-refractivity contribution in [3.05, 3.63) is 16.1 Å². The van der Waals surface area contributed by atoms with Crippen LogP contribution in [0.2, 0.25) is 0 Å². The summed E-state index contributed by atoms with van der Waals surface area (Å²) in [5, 5.41) is 4.76. The molecular formula is C13H24N2S. The van der Waals surface area contributed by atoms with Crippen molar-refractivity contribution in [3.63, 3.8) is 0 Å². The third-order valence-electron chi connectivity index (χ3n) is 2.73. The molecule has 2 nitrogen and oxygen atoms in total. The van der Waals surface area contributed by atoms with Gasteiger partial charge in [0.05, 0.1) is 0 Å². The summed E-state index contributed by atoms with van der Waals surface area (Å²) in [6.45, 7) is 9.92. The van der Waals surface area contributed by atoms with Crippen LogP contribution < -0.4 is 5.32 Å². The predicted molar refractivity (Wildman–Crippen MR) is 71.9 cm³/mol. The number of aromatic nitrogens is 1. The number of nitrogens with one attached hydrogen (secondary N) is 1. The molecule has 1 aromatic rings. The van der Waals surface area contributed by atoms with Crippen molar-refractivity contribution in [2.75, 3.05) is 0 Å². The zero-order valence-electron chi connectivity index (χ0n) is 10.9. The van der Waals surface area contributed by atoms with Gasteiger partial charge in [0.1, 0.15) is 5.01 Å². The Morgan fingerprint density at radius 1 is 1.31 bits per heavy atom. The normalized spacial score (nSPS) is 13.3. The maximum atomic E-state index is 4.41. The summed E-state index contributed by atoms with van der Waals surface area (Å²) >= 11 is 1.83. The maximum absolute atomic E-state index is 4.41. The summed E-state index contributed by atoms with van der Waals surface area (Å²) < 4.78 is 0. The average Bonchev–Trinajstić information content (AvgIpc) is 2.71. The molecule has 0 radical (unpaired) electrons. The molecule has 0 amide bonds. The van der Waals surface area contributed by atoms with Crippen LogP contribution in [-0.2, 0) is 13.0 Å². The van der Waals surface area contributed by atoms with E-state index in [2.05, 4.69) is 38.0 Å². The number of hydrogen-bond acceptors (Lipinski definition) is 3. The number of aryl methyl sites for hydroxylation is 1. The van der Waals surface area contributed by atoms with Crippen LogP contribution in [0.4, 0.5) is 0 Å². The highest BCUT2D eigenvalue weighted by molar-refractivity contribution is 7.11. The SMILES string of the molecule is CCc1cnc(CNC(C)CCC(C)C)s1. The van der Waals surface area contributed by atoms with E-state index in [0.717, 1.165) is 18.9 Å². The minimum Gasteiger partial charge on any atom is -0.308 e. The van der Waals surface area contributed by atoms with E-state index in [9.17, 15) is 0 Å². The lowest BCUT2D eigenvalue weighted by Gasteiger charge is -2.13. The largest absolute Gasteiger partial charge is 0.308 e. The van der Waals surface area contributed by atoms with E-state index in [1.54, 1.807) is 0 Å². The molecule has 0 aliphatic heterocycles. The fourth-order valence-corrected chi connectivity index (χ4v) is 2.35. The first-order valence-corrected chi connectivity index (χ1v) is 7.10. The standard InChI is InChI=1S/C13H24N2S/c1-5-12-8-15-13(16-12)9-14-11(4)7-6-10(2)3/h8,10-11,14H,5-7,9H2,1-4H3. The fourth-order valence-electron chi connectivity index (χ4n) is 1.54. The molecule has 3 heteroatoms. The summed E-state index contributed by atoms with van der Waals surface area (Å²) in [6, 6.07) is 0.594. The van der Waals surface area contributed by atoms with Crippen molar-refractivity contribution >= 4 is 11.3 Å². The van der Waals surface area contributed by atoms with Crippen LogP contribution in [0.25, 0.3) is 0 Å². The molecule has 92 valence electrons. The van der Waals surface area contributed by atoms with E-state index < -0.39 is 0 Å². The van der Waals surface area contributed by atoms with Gasteiger partial charge in [-0.05, 0) is 32.1 Å². The van der Waals surface area contributed by atoms with Crippen LogP contribution in [0, 0.1) is 5.92 Å². The molecule has 0 aliphatic carbocycles. The molecule has 1 rings (SSSR count). The molecule has 0 fully saturated rings. The topological polar surface area (TPSA) is 24.9 Å². The van der Waals surface area contributed by atoms with E-state index in [-0.39, 0.29) is 0 Å². The monoisotopic (exact) mass is 240 g/mol. The van der Waals surface area contributed by atoms with Gasteiger partial charge in [0.2, 0.25) is 0 Å². The number of hydrogen-bond donors (Lipinski definition) is 1. The lowest BCUT2D eigenvalue weighted by Crippen LogP contribution is -2.25. The van der Waals surface area contributed by atoms with Crippen LogP contribution in [-0.4, -0.2) is 11.0 Å². The van der Waals surface area contributed by atoms with Gasteiger partial charge in [-0.2, -0.15) is 0 Å². The van der Waals surface area contributed by atoms with Gasteiger partial charge in [-0.15, -0.1) is 11.3 Å². The second-order valence-corrected chi connectivity index (χ2v) is 6.03. The van der Waals surface area contributed by atoms with E-state index in [1.807, 2.05) is 17.5 Å². The van der Waals surface area contributed by atoms with Crippen LogP contribution in [0.5, 0.6) is 0 Å². The summed E-state index contributed by atoms with van der Waals surface area (Å²) in [4.78, 5) is 5.79. The second kappa shape index (κ2) is 7.02. The molecule has 0 bridgehead atoms. The molecule has 0 saturated heterocycles. The minimum absolute atomic E-state index is 0.594. The molecule has 16 heavy (non-hydrogen) atoms. The van der Waals surface area contributed by atoms with Gasteiger partial charge in [0, 0.05) is 23.7 Å². The third-order valence-corrected chi connectivity index (χ3v) is 3.87. The quantitative estimate of drug-likeness (QED) is 0.787. The number of rotatable bonds is 7. The minimum atomic E-state index is 0.594. The van der Waals surface area contributed by atoms with Crippen molar-refractivity contribution in [1.29, 1.82) is 0 Å². The van der Waals surface area contributed by atoms with Crippen LogP contribution in [0.3, 0.4) is 0 Å². The lowest BCUT2D eigenvalue weighted by atomic mass is 10.0. The summed E-state index contributed by atoms with van der Waals surface area (Å²) in [7, 11) is 0. The highest BCUT2D eigenvalue weighted by atomic mass is 32.1. The fraction of sp³-hybridized carbons (Fsp3) is 0.769. The Morgan fingerprint density at radius 2 is 2.06 bits per heavy atom. The number of thiazole rings is 1. The zero-order valence-corrected chi connectivity index (χ0v) is 11.7. The molecular weight excluding hydrogens is 216 g/mol. The molecule has 0 saturated carbocycles. The van der Waals surface area contributed by atoms with Gasteiger partial charge in [0.25, 0.3) is 0 Å². The first-order valence-electron chi connectivity index (χ1n) is 6.28. The zero-order chi connectivity index (χ0) is 12.0. The van der Waals surface area contributed by atoms with Crippen LogP contribution >= 0.6 is 11.3 Å². The smallest absolute Gasteiger partial charge is 0.107 e. The Kier molecular flexibility index (Phi) is 5.99. The first kappa shape index (κ1) is 13.7. The number of nitrogens with zero attached hydrogens (tertiary/aromatic N) is 1. The Morgan fingerprint density at radius 3 is 2.62 bits per heavy atom. The Labute approximate surface area is 103 Å². The van der Waals surface area contributed by atoms with E-state index >= 15 is 0 Å². The first-order chi connectivity index (χ1) is 7.61. The average molecular weight is 240 g/mol. The van der Waals surface area contributed by atoms with Crippen LogP contribution in [0.15, 0.2) is 6.20 Å². The maximum Gasteiger partial charge on any atom is 0.107 e. The Bertz CT molecular complexity index is 294. The lowest BCUT2D eigenvalue weighted by molar-refractivity contribution is 0.450. The second-order valence-electron chi connectivity index (χ2n) is 4.83. The predicted octanol–water partition coefficient (Wildman–Crippen LogP) is 3.62. The highest BCUT2D eigenvalue weighted by Gasteiger charge is 2.05. The van der Waals surface area contributed by atoms with Gasteiger partial charge in [-0.1, -0.05) is 20.8 Å². The van der Waals surface area contributed by atoms with Gasteiger partial charge < -0.3 is 5.32 Å². The molecule has 0 aliphatic rings. The summed E-state index contributed by atoms with van der Waals surface area (Å²) in [6.07, 6.45) is 5.65. The Hall–Kier alpha value is -0.410. The van der Waals surface area contributed by atoms with Crippen LogP contribution in [0.1, 0.15) is 50.4 Å². The molecule has 0 spiro atoms. The Balaban J connectivity index is 2.23. The van der Waals surface area contributed by atoms with Gasteiger partial charge in [0.15, 0.2) is 0 Å². The third kappa shape index (κ3) is 5.08. The van der Waals surface area contributed by atoms with Crippen molar-refractivity contribution in [2.45, 2.75) is 59.5 Å². The highest BCUT2D eigenvalue weighted by Crippen LogP contribution is 2.13. The molecule has 1 atom stereocenters. The summed E-state index contributed by atoms with van der Waals surface area (Å²) in [5.41, 5.74) is 0. The molecule has 1 heterocycles. The van der Waals surface area contributed by atoms with E-state index in [4.69, 9.17) is 0 Å². The van der Waals surface area contributed by atoms with Gasteiger partial charge >= 0.3 is 0 Å². The van der Waals surface area contributed by atoms with Gasteiger partial charge in [-0.25, -0.2) is 4.98 Å². The van der Waals surface area contributed by atoms with Crippen molar-refractivity contribution in [2.24, 2.45) is 5.92 Å². The molecule has 1 aromatic heterocycles. The van der Waals surface area contributed by atoms with Crippen molar-refractivity contribution in [3.8, 4) is 0 Å². The van der Waals surface area contributed by atoms with E-state index in [1.165, 1.54) is 22.7 Å². The molecule has 0 aromatic carbocycles. The molecule has 1 N–H and O–H groups in total. The van der Waals surface area contributed by atoms with Gasteiger partial charge in [-0.3, -0.25) is 0 Å². The van der Waals surface area contributed by atoms with E-state index in [0.29, 0.717) is 6.04 Å².